The van der Waals surface area contributed by atoms with Crippen LogP contribution in [0.4, 0.5) is 19.3 Å². The van der Waals surface area contributed by atoms with Crippen LogP contribution in [0.2, 0.25) is 0 Å². The molecule has 1 amide bonds. The van der Waals surface area contributed by atoms with Crippen LogP contribution >= 0.6 is 0 Å². The molecular formula is C28H35F2N5O5S. The van der Waals surface area contributed by atoms with E-state index in [1.54, 1.807) is 11.0 Å². The Bertz CT molecular complexity index is 1550. The fourth-order valence-corrected chi connectivity index (χ4v) is 6.63. The molecule has 2 atom stereocenters. The summed E-state index contributed by atoms with van der Waals surface area (Å²) in [6.45, 7) is 11.9. The van der Waals surface area contributed by atoms with Gasteiger partial charge in [0.2, 0.25) is 10.0 Å². The Morgan fingerprint density at radius 1 is 1.17 bits per heavy atom. The van der Waals surface area contributed by atoms with Gasteiger partial charge in [0.05, 0.1) is 33.7 Å². The predicted molar refractivity (Wildman–Crippen MR) is 149 cm³/mol. The van der Waals surface area contributed by atoms with E-state index in [0.29, 0.717) is 29.7 Å². The Labute approximate surface area is 238 Å². The van der Waals surface area contributed by atoms with Crippen molar-refractivity contribution in [3.8, 4) is 11.4 Å². The van der Waals surface area contributed by atoms with Gasteiger partial charge in [-0.15, -0.1) is 0 Å². The van der Waals surface area contributed by atoms with E-state index in [0.717, 1.165) is 19.0 Å². The highest BCUT2D eigenvalue weighted by molar-refractivity contribution is 7.89. The van der Waals surface area contributed by atoms with Crippen LogP contribution in [0.25, 0.3) is 22.4 Å². The van der Waals surface area contributed by atoms with Crippen LogP contribution in [-0.2, 0) is 14.8 Å². The van der Waals surface area contributed by atoms with Crippen LogP contribution in [0.3, 0.4) is 0 Å². The van der Waals surface area contributed by atoms with Gasteiger partial charge >= 0.3 is 6.09 Å². The number of piperazine rings is 1. The molecule has 2 aliphatic rings. The van der Waals surface area contributed by atoms with Gasteiger partial charge in [-0.1, -0.05) is 5.16 Å². The third-order valence-corrected chi connectivity index (χ3v) is 8.98. The van der Waals surface area contributed by atoms with E-state index >= 15 is 0 Å². The van der Waals surface area contributed by atoms with E-state index in [2.05, 4.69) is 14.9 Å². The summed E-state index contributed by atoms with van der Waals surface area (Å²) in [5, 5.41) is 4.56. The molecule has 1 aromatic carbocycles. The molecule has 1 N–H and O–H groups in total. The number of fused-ring (bicyclic) bond motifs is 1. The van der Waals surface area contributed by atoms with Crippen molar-refractivity contribution in [1.29, 1.82) is 0 Å². The zero-order valence-electron chi connectivity index (χ0n) is 23.9. The molecule has 1 aliphatic heterocycles. The number of amides is 1. The quantitative estimate of drug-likeness (QED) is 0.400. The molecule has 2 fully saturated rings. The van der Waals surface area contributed by atoms with Gasteiger partial charge in [0.1, 0.15) is 11.3 Å². The lowest BCUT2D eigenvalue weighted by atomic mass is 10.1. The maximum absolute atomic E-state index is 13.5. The van der Waals surface area contributed by atoms with Gasteiger partial charge in [-0.2, -0.15) is 0 Å². The van der Waals surface area contributed by atoms with Crippen molar-refractivity contribution in [2.75, 3.05) is 18.0 Å². The van der Waals surface area contributed by atoms with Gasteiger partial charge in [0, 0.05) is 30.4 Å². The number of alkyl halides is 2. The Balaban J connectivity index is 1.57. The first-order valence-electron chi connectivity index (χ1n) is 13.5. The Morgan fingerprint density at radius 2 is 1.83 bits per heavy atom. The van der Waals surface area contributed by atoms with Crippen molar-refractivity contribution in [3.05, 3.63) is 36.0 Å². The van der Waals surface area contributed by atoms with Gasteiger partial charge in [-0.25, -0.2) is 26.7 Å². The summed E-state index contributed by atoms with van der Waals surface area (Å²) in [4.78, 5) is 20.8. The van der Waals surface area contributed by atoms with Crippen LogP contribution in [0, 0.1) is 0 Å². The van der Waals surface area contributed by atoms with E-state index in [-0.39, 0.29) is 33.9 Å². The lowest BCUT2D eigenvalue weighted by Gasteiger charge is -2.45. The normalized spacial score (nSPS) is 21.0. The van der Waals surface area contributed by atoms with Gasteiger partial charge < -0.3 is 14.2 Å². The lowest BCUT2D eigenvalue weighted by Crippen LogP contribution is -2.59. The lowest BCUT2D eigenvalue weighted by molar-refractivity contribution is 0.00566. The zero-order chi connectivity index (χ0) is 29.9. The number of carbonyl (C=O) groups excluding carboxylic acids is 1. The number of halogens is 2. The first-order chi connectivity index (χ1) is 19.1. The van der Waals surface area contributed by atoms with Gasteiger partial charge in [-0.05, 0) is 78.6 Å². The smallest absolute Gasteiger partial charge is 0.410 e. The molecule has 1 saturated carbocycles. The number of pyridine rings is 1. The predicted octanol–water partition coefficient (Wildman–Crippen LogP) is 5.49. The summed E-state index contributed by atoms with van der Waals surface area (Å²) in [5.41, 5.74) is -0.0440. The third-order valence-electron chi connectivity index (χ3n) is 7.36. The number of nitrogens with one attached hydrogen (secondary N) is 1. The fraction of sp³-hybridized carbons (Fsp3) is 0.536. The molecule has 5 rings (SSSR count). The molecule has 0 unspecified atom stereocenters. The monoisotopic (exact) mass is 591 g/mol. The maximum atomic E-state index is 13.5. The minimum Gasteiger partial charge on any atom is -0.444 e. The maximum Gasteiger partial charge on any atom is 0.410 e. The van der Waals surface area contributed by atoms with E-state index in [9.17, 15) is 22.0 Å². The molecular weight excluding hydrogens is 556 g/mol. The highest BCUT2D eigenvalue weighted by Gasteiger charge is 2.42. The number of rotatable bonds is 6. The summed E-state index contributed by atoms with van der Waals surface area (Å²) in [6.07, 6.45) is -0.548. The number of anilines is 1. The number of sulfonamides is 1. The topological polar surface area (TPSA) is 118 Å². The van der Waals surface area contributed by atoms with Crippen molar-refractivity contribution in [3.63, 3.8) is 0 Å². The second-order valence-electron chi connectivity index (χ2n) is 12.3. The van der Waals surface area contributed by atoms with Gasteiger partial charge in [0.15, 0.2) is 5.58 Å². The number of carbonyl (C=O) groups is 1. The fourth-order valence-electron chi connectivity index (χ4n) is 5.12. The van der Waals surface area contributed by atoms with Crippen LogP contribution in [0.5, 0.6) is 0 Å². The molecule has 13 heteroatoms. The summed E-state index contributed by atoms with van der Waals surface area (Å²) in [5.74, 6) is 0. The second kappa shape index (κ2) is 10.2. The molecule has 0 radical (unpaired) electrons. The summed E-state index contributed by atoms with van der Waals surface area (Å²) < 4.78 is 67.4. The largest absolute Gasteiger partial charge is 0.444 e. The molecule has 222 valence electrons. The van der Waals surface area contributed by atoms with Crippen molar-refractivity contribution >= 4 is 32.8 Å². The van der Waals surface area contributed by atoms with Crippen LogP contribution in [0.15, 0.2) is 39.9 Å². The minimum absolute atomic E-state index is 0.0247. The second-order valence-corrected chi connectivity index (χ2v) is 14.0. The third kappa shape index (κ3) is 6.01. The number of hydrogen-bond acceptors (Lipinski definition) is 8. The molecule has 41 heavy (non-hydrogen) atoms. The first kappa shape index (κ1) is 29.2. The van der Waals surface area contributed by atoms with Crippen LogP contribution < -0.4 is 9.62 Å². The number of ether oxygens (including phenoxy) is 1. The highest BCUT2D eigenvalue weighted by atomic mass is 32.2. The molecule has 2 aromatic heterocycles. The molecule has 0 spiro atoms. The summed E-state index contributed by atoms with van der Waals surface area (Å²) in [7, 11) is -3.92. The number of nitrogens with zero attached hydrogens (tertiary/aromatic N) is 4. The number of hydrogen-bond donors (Lipinski definition) is 1. The Hall–Kier alpha value is -3.32. The molecule has 3 aromatic rings. The van der Waals surface area contributed by atoms with Gasteiger partial charge in [0.25, 0.3) is 6.43 Å². The van der Waals surface area contributed by atoms with Crippen molar-refractivity contribution < 1.29 is 31.3 Å². The molecule has 3 heterocycles. The van der Waals surface area contributed by atoms with Gasteiger partial charge in [-0.3, -0.25) is 9.88 Å². The summed E-state index contributed by atoms with van der Waals surface area (Å²) >= 11 is 0. The average molecular weight is 592 g/mol. The van der Waals surface area contributed by atoms with Crippen molar-refractivity contribution in [2.45, 2.75) is 88.9 Å². The number of benzene rings is 1. The minimum atomic E-state index is -3.92. The van der Waals surface area contributed by atoms with E-state index < -0.39 is 33.7 Å². The first-order valence-corrected chi connectivity index (χ1v) is 15.0. The van der Waals surface area contributed by atoms with E-state index in [1.807, 2.05) is 46.4 Å². The highest BCUT2D eigenvalue weighted by Crippen LogP contribution is 2.40. The average Bonchev–Trinajstić information content (AvgIpc) is 3.41. The molecule has 1 saturated heterocycles. The van der Waals surface area contributed by atoms with Crippen LogP contribution in [-0.4, -0.2) is 65.9 Å². The molecule has 0 bridgehead atoms. The number of aromatic nitrogens is 2. The Morgan fingerprint density at radius 3 is 2.37 bits per heavy atom. The SMILES string of the molecule is C[C@H]1CN(c2cc(S(=O)(=O)NC3(C)CC3)cc3c(-c4ccc(C(F)F)cn4)noc23)C[C@H](C)N1C(=O)OC(C)(C)C. The van der Waals surface area contributed by atoms with Crippen molar-refractivity contribution in [1.82, 2.24) is 19.8 Å². The molecule has 1 aliphatic carbocycles. The standard InChI is InChI=1S/C28H35F2N5O5S/c1-16-14-34(15-17(2)35(16)26(36)39-27(3,4)5)22-12-19(41(37,38)33-28(6)9-10-28)11-20-23(32-40-24(20)22)21-8-7-18(13-31-21)25(29)30/h7-8,11-13,16-17,25,33H,9-10,14-15H2,1-6H3/t16-,17-/m0/s1. The summed E-state index contributed by atoms with van der Waals surface area (Å²) in [6, 6.07) is 5.17. The van der Waals surface area contributed by atoms with E-state index in [4.69, 9.17) is 9.26 Å². The van der Waals surface area contributed by atoms with E-state index in [1.165, 1.54) is 18.2 Å². The Kier molecular flexibility index (Phi) is 7.26. The molecule has 10 nitrogen and oxygen atoms in total. The van der Waals surface area contributed by atoms with Crippen molar-refractivity contribution in [2.24, 2.45) is 0 Å². The zero-order valence-corrected chi connectivity index (χ0v) is 24.8. The van der Waals surface area contributed by atoms with Crippen LogP contribution in [0.1, 0.15) is 66.4 Å².